The summed E-state index contributed by atoms with van der Waals surface area (Å²) in [5, 5.41) is 28.7. The fraction of sp³-hybridized carbons (Fsp3) is 0.200. The van der Waals surface area contributed by atoms with Crippen LogP contribution in [0.3, 0.4) is 0 Å². The summed E-state index contributed by atoms with van der Waals surface area (Å²) in [4.78, 5) is 31.5. The second-order valence-electron chi connectivity index (χ2n) is 3.31. The molecule has 8 nitrogen and oxygen atoms in total. The first-order chi connectivity index (χ1) is 8.37. The summed E-state index contributed by atoms with van der Waals surface area (Å²) in [6.07, 6.45) is 0. The molecule has 0 atom stereocenters. The van der Waals surface area contributed by atoms with Gasteiger partial charge in [0.1, 0.15) is 5.75 Å². The van der Waals surface area contributed by atoms with Gasteiger partial charge < -0.3 is 14.9 Å². The Morgan fingerprint density at radius 1 is 1.22 bits per heavy atom. The van der Waals surface area contributed by atoms with Crippen LogP contribution in [-0.4, -0.2) is 34.2 Å². The van der Waals surface area contributed by atoms with Crippen molar-refractivity contribution in [1.29, 1.82) is 0 Å². The van der Waals surface area contributed by atoms with Crippen LogP contribution in [0.2, 0.25) is 0 Å². The average molecular weight is 255 g/mol. The van der Waals surface area contributed by atoms with Crippen LogP contribution in [0.4, 0.5) is 0 Å². The number of methoxy groups -OCH3 is 1. The second-order valence-corrected chi connectivity index (χ2v) is 3.31. The number of carbonyl (C=O) groups is 2. The summed E-state index contributed by atoms with van der Waals surface area (Å²) >= 11 is 0. The summed E-state index contributed by atoms with van der Waals surface area (Å²) in [5.41, 5.74) is -3.68. The van der Waals surface area contributed by atoms with Crippen molar-refractivity contribution < 1.29 is 29.5 Å². The molecule has 0 aromatic heterocycles. The highest BCUT2D eigenvalue weighted by Crippen LogP contribution is 2.27. The molecule has 0 saturated carbocycles. The molecule has 0 saturated heterocycles. The van der Waals surface area contributed by atoms with Crippen molar-refractivity contribution in [1.82, 2.24) is 0 Å². The van der Waals surface area contributed by atoms with Crippen LogP contribution in [0.5, 0.6) is 5.75 Å². The van der Waals surface area contributed by atoms with Gasteiger partial charge in [-0.3, -0.25) is 10.1 Å². The van der Waals surface area contributed by atoms with Gasteiger partial charge in [-0.05, 0) is 24.3 Å². The number of benzene rings is 1. The number of hydrogen-bond donors (Lipinski definition) is 2. The third kappa shape index (κ3) is 1.83. The van der Waals surface area contributed by atoms with E-state index in [9.17, 15) is 19.7 Å². The lowest BCUT2D eigenvalue weighted by Crippen LogP contribution is -2.50. The minimum Gasteiger partial charge on any atom is -0.497 e. The zero-order valence-electron chi connectivity index (χ0n) is 9.19. The fourth-order valence-corrected chi connectivity index (χ4v) is 1.43. The van der Waals surface area contributed by atoms with Gasteiger partial charge in [0.2, 0.25) is 0 Å². The molecule has 1 rings (SSSR count). The molecule has 8 heteroatoms. The summed E-state index contributed by atoms with van der Waals surface area (Å²) < 4.78 is 4.80. The van der Waals surface area contributed by atoms with Gasteiger partial charge in [0.15, 0.2) is 0 Å². The van der Waals surface area contributed by atoms with Crippen molar-refractivity contribution in [2.45, 2.75) is 5.54 Å². The normalized spacial score (nSPS) is 10.7. The Morgan fingerprint density at radius 3 is 1.94 bits per heavy atom. The maximum atomic E-state index is 11.0. The number of hydrogen-bond acceptors (Lipinski definition) is 5. The minimum absolute atomic E-state index is 0.326. The molecule has 0 amide bonds. The van der Waals surface area contributed by atoms with Crippen molar-refractivity contribution in [3.63, 3.8) is 0 Å². The molecule has 1 aromatic carbocycles. The smallest absolute Gasteiger partial charge is 0.435 e. The van der Waals surface area contributed by atoms with E-state index in [0.717, 1.165) is 12.1 Å². The molecule has 2 N–H and O–H groups in total. The summed E-state index contributed by atoms with van der Waals surface area (Å²) in [6, 6.07) is 4.56. The Bertz CT molecular complexity index is 457. The Kier molecular flexibility index (Phi) is 3.50. The number of rotatable bonds is 5. The lowest BCUT2D eigenvalue weighted by Gasteiger charge is -2.16. The first-order valence-corrected chi connectivity index (χ1v) is 4.63. The largest absolute Gasteiger partial charge is 0.497 e. The quantitative estimate of drug-likeness (QED) is 0.441. The molecule has 0 fully saturated rings. The molecule has 0 radical (unpaired) electrons. The van der Waals surface area contributed by atoms with Crippen molar-refractivity contribution in [3.05, 3.63) is 39.9 Å². The van der Waals surface area contributed by atoms with Crippen molar-refractivity contribution >= 4 is 11.9 Å². The van der Waals surface area contributed by atoms with Crippen LogP contribution in [0.15, 0.2) is 24.3 Å². The molecule has 1 aromatic rings. The number of nitrogens with zero attached hydrogens (tertiary/aromatic N) is 1. The summed E-state index contributed by atoms with van der Waals surface area (Å²) in [5.74, 6) is -3.80. The van der Waals surface area contributed by atoms with E-state index in [-0.39, 0.29) is 0 Å². The van der Waals surface area contributed by atoms with E-state index in [1.165, 1.54) is 19.2 Å². The maximum Gasteiger partial charge on any atom is 0.435 e. The number of carboxylic acid groups (broad SMARTS) is 2. The predicted molar refractivity (Wildman–Crippen MR) is 56.9 cm³/mol. The molecule has 0 aliphatic rings. The van der Waals surface area contributed by atoms with Gasteiger partial charge in [0, 0.05) is 0 Å². The predicted octanol–water partition coefficient (Wildman–Crippen LogP) is 0.336. The van der Waals surface area contributed by atoms with E-state index in [1.807, 2.05) is 0 Å². The first-order valence-electron chi connectivity index (χ1n) is 4.63. The van der Waals surface area contributed by atoms with Crippen LogP contribution in [0.25, 0.3) is 0 Å². The van der Waals surface area contributed by atoms with Crippen LogP contribution in [-0.2, 0) is 15.1 Å². The third-order valence-electron chi connectivity index (χ3n) is 2.40. The minimum atomic E-state index is -3.22. The molecular formula is C10H9NO7. The van der Waals surface area contributed by atoms with Gasteiger partial charge in [-0.1, -0.05) is 0 Å². The van der Waals surface area contributed by atoms with Crippen molar-refractivity contribution in [2.75, 3.05) is 7.11 Å². The molecule has 0 unspecified atom stereocenters. The van der Waals surface area contributed by atoms with E-state index in [2.05, 4.69) is 0 Å². The van der Waals surface area contributed by atoms with Crippen LogP contribution in [0, 0.1) is 10.1 Å². The Labute approximate surface area is 101 Å². The lowest BCUT2D eigenvalue weighted by atomic mass is 9.90. The third-order valence-corrected chi connectivity index (χ3v) is 2.40. The van der Waals surface area contributed by atoms with Crippen LogP contribution in [0.1, 0.15) is 5.56 Å². The molecule has 0 aliphatic carbocycles. The number of aliphatic carboxylic acids is 2. The topological polar surface area (TPSA) is 127 Å². The van der Waals surface area contributed by atoms with E-state index >= 15 is 0 Å². The second kappa shape index (κ2) is 4.70. The molecule has 18 heavy (non-hydrogen) atoms. The van der Waals surface area contributed by atoms with Gasteiger partial charge in [-0.2, -0.15) is 0 Å². The molecule has 0 bridgehead atoms. The fourth-order valence-electron chi connectivity index (χ4n) is 1.43. The molecule has 0 aliphatic heterocycles. The molecular weight excluding hydrogens is 246 g/mol. The molecule has 96 valence electrons. The van der Waals surface area contributed by atoms with Crippen LogP contribution >= 0.6 is 0 Å². The van der Waals surface area contributed by atoms with E-state index in [0.29, 0.717) is 5.75 Å². The van der Waals surface area contributed by atoms with E-state index < -0.39 is 28.0 Å². The molecule has 0 heterocycles. The first kappa shape index (κ1) is 13.4. The Balaban J connectivity index is 3.47. The maximum absolute atomic E-state index is 11.0. The van der Waals surface area contributed by atoms with Crippen LogP contribution < -0.4 is 4.74 Å². The van der Waals surface area contributed by atoms with Gasteiger partial charge in [-0.25, -0.2) is 9.59 Å². The highest BCUT2D eigenvalue weighted by Gasteiger charge is 2.61. The number of ether oxygens (including phenoxy) is 1. The zero-order valence-corrected chi connectivity index (χ0v) is 9.19. The zero-order chi connectivity index (χ0) is 13.9. The van der Waals surface area contributed by atoms with Gasteiger partial charge in [0.05, 0.1) is 17.6 Å². The highest BCUT2D eigenvalue weighted by molar-refractivity contribution is 6.02. The monoisotopic (exact) mass is 255 g/mol. The summed E-state index contributed by atoms with van der Waals surface area (Å²) in [6.45, 7) is 0. The van der Waals surface area contributed by atoms with Gasteiger partial charge in [0.25, 0.3) is 0 Å². The summed E-state index contributed by atoms with van der Waals surface area (Å²) in [7, 11) is 1.35. The standard InChI is InChI=1S/C10H9NO7/c1-18-7-4-2-6(3-5-7)10(8(12)13,9(14)15)11(16)17/h2-5H,1H3,(H,12,13)(H,14,15). The van der Waals surface area contributed by atoms with E-state index in [4.69, 9.17) is 14.9 Å². The average Bonchev–Trinajstić information content (AvgIpc) is 2.29. The van der Waals surface area contributed by atoms with Gasteiger partial charge >= 0.3 is 17.5 Å². The Morgan fingerprint density at radius 2 is 1.67 bits per heavy atom. The number of nitro groups is 1. The van der Waals surface area contributed by atoms with Crippen molar-refractivity contribution in [3.8, 4) is 5.75 Å². The Hall–Kier alpha value is -2.64. The van der Waals surface area contributed by atoms with Crippen molar-refractivity contribution in [2.24, 2.45) is 0 Å². The van der Waals surface area contributed by atoms with Gasteiger partial charge in [-0.15, -0.1) is 0 Å². The van der Waals surface area contributed by atoms with E-state index in [1.54, 1.807) is 0 Å². The SMILES string of the molecule is COc1ccc(C(C(=O)O)(C(=O)O)[N+](=O)[O-])cc1. The lowest BCUT2D eigenvalue weighted by molar-refractivity contribution is -0.549. The highest BCUT2D eigenvalue weighted by atomic mass is 16.6. The number of carboxylic acids is 2. The molecule has 0 spiro atoms.